The quantitative estimate of drug-likeness (QED) is 0.444. The first kappa shape index (κ1) is 22.7. The fraction of sp³-hybridized carbons (Fsp3) is 0.889. The Morgan fingerprint density at radius 1 is 1.12 bits per heavy atom. The van der Waals surface area contributed by atoms with Crippen LogP contribution in [-0.2, 0) is 9.53 Å². The summed E-state index contributed by atoms with van der Waals surface area (Å²) >= 11 is 0. The van der Waals surface area contributed by atoms with Gasteiger partial charge >= 0.3 is 0 Å². The standard InChI is InChI=1S/C27H41NO5/c1-13-9-19-23(28-12-13)15(3)27(33-19)8-6-17-18-5-7-26(32)11-16(29)10-20(30)25(26,4)22(18)24(31)21(17)14(27)2/h13,15-20,22-23,28-30,32H,5-12H2,1-4H3. The summed E-state index contributed by atoms with van der Waals surface area (Å²) in [4.78, 5) is 14.2. The molecule has 6 rings (SSSR count). The third kappa shape index (κ3) is 2.71. The fourth-order valence-corrected chi connectivity index (χ4v) is 9.56. The van der Waals surface area contributed by atoms with E-state index in [4.69, 9.17) is 4.74 Å². The van der Waals surface area contributed by atoms with Crippen LogP contribution in [0.5, 0.6) is 0 Å². The van der Waals surface area contributed by atoms with Crippen molar-refractivity contribution in [1.82, 2.24) is 5.32 Å². The average Bonchev–Trinajstić information content (AvgIpc) is 3.19. The summed E-state index contributed by atoms with van der Waals surface area (Å²) in [6.45, 7) is 9.62. The van der Waals surface area contributed by atoms with E-state index in [0.29, 0.717) is 24.3 Å². The monoisotopic (exact) mass is 459 g/mol. The van der Waals surface area contributed by atoms with Gasteiger partial charge in [-0.05, 0) is 75.3 Å². The van der Waals surface area contributed by atoms with Crippen molar-refractivity contribution in [2.24, 2.45) is 35.0 Å². The lowest BCUT2D eigenvalue weighted by Gasteiger charge is -2.59. The largest absolute Gasteiger partial charge is 0.393 e. The van der Waals surface area contributed by atoms with Gasteiger partial charge in [0.2, 0.25) is 0 Å². The maximum Gasteiger partial charge on any atom is 0.163 e. The zero-order valence-electron chi connectivity index (χ0n) is 20.5. The zero-order valence-corrected chi connectivity index (χ0v) is 20.5. The Balaban J connectivity index is 1.41. The summed E-state index contributed by atoms with van der Waals surface area (Å²) < 4.78 is 6.88. The van der Waals surface area contributed by atoms with E-state index in [1.807, 2.05) is 6.92 Å². The highest BCUT2D eigenvalue weighted by molar-refractivity contribution is 6.02. The minimum Gasteiger partial charge on any atom is -0.393 e. The number of ketones is 1. The number of carbonyl (C=O) groups is 1. The number of allylic oxidation sites excluding steroid dienone is 1. The minimum absolute atomic E-state index is 0.129. The maximum absolute atomic E-state index is 14.2. The summed E-state index contributed by atoms with van der Waals surface area (Å²) in [5, 5.41) is 36.8. The Hall–Kier alpha value is -0.790. The summed E-state index contributed by atoms with van der Waals surface area (Å²) in [6.07, 6.45) is 3.33. The van der Waals surface area contributed by atoms with Gasteiger partial charge < -0.3 is 25.4 Å². The first-order valence-corrected chi connectivity index (χ1v) is 13.3. The van der Waals surface area contributed by atoms with Crippen molar-refractivity contribution >= 4 is 5.78 Å². The number of fused-ring (bicyclic) bond motifs is 6. The highest BCUT2D eigenvalue weighted by Crippen LogP contribution is 2.66. The molecule has 6 aliphatic rings. The van der Waals surface area contributed by atoms with Crippen LogP contribution in [0.2, 0.25) is 0 Å². The number of carbonyl (C=O) groups excluding carboxylic acids is 1. The molecule has 12 atom stereocenters. The van der Waals surface area contributed by atoms with Crippen molar-refractivity contribution in [3.8, 4) is 0 Å². The van der Waals surface area contributed by atoms with Gasteiger partial charge in [0.25, 0.3) is 0 Å². The van der Waals surface area contributed by atoms with Crippen LogP contribution in [0.3, 0.4) is 0 Å². The molecule has 0 aromatic carbocycles. The minimum atomic E-state index is -1.20. The smallest absolute Gasteiger partial charge is 0.163 e. The molecule has 0 aromatic heterocycles. The third-order valence-electron chi connectivity index (χ3n) is 11.4. The van der Waals surface area contributed by atoms with Gasteiger partial charge in [0.15, 0.2) is 5.78 Å². The second-order valence-electron chi connectivity index (χ2n) is 12.8. The number of aliphatic hydroxyl groups is 3. The lowest BCUT2D eigenvalue weighted by Crippen LogP contribution is -2.66. The van der Waals surface area contributed by atoms with Gasteiger partial charge in [-0.2, -0.15) is 0 Å². The Morgan fingerprint density at radius 2 is 1.88 bits per heavy atom. The molecule has 0 aromatic rings. The maximum atomic E-state index is 14.2. The second-order valence-corrected chi connectivity index (χ2v) is 12.8. The van der Waals surface area contributed by atoms with E-state index in [9.17, 15) is 20.1 Å². The molecule has 2 heterocycles. The third-order valence-corrected chi connectivity index (χ3v) is 11.4. The molecule has 12 unspecified atom stereocenters. The molecule has 184 valence electrons. The number of Topliss-reactive ketones (excluding diaryl/α,β-unsaturated/α-hetero) is 1. The highest BCUT2D eigenvalue weighted by Gasteiger charge is 2.70. The van der Waals surface area contributed by atoms with Crippen molar-refractivity contribution in [2.45, 2.75) is 108 Å². The molecule has 3 saturated carbocycles. The van der Waals surface area contributed by atoms with E-state index >= 15 is 0 Å². The van der Waals surface area contributed by atoms with Gasteiger partial charge in [0.1, 0.15) is 0 Å². The fourth-order valence-electron chi connectivity index (χ4n) is 9.56. The predicted molar refractivity (Wildman–Crippen MR) is 123 cm³/mol. The summed E-state index contributed by atoms with van der Waals surface area (Å²) in [5.74, 6) is 0.994. The molecular weight excluding hydrogens is 418 g/mol. The number of hydrogen-bond donors (Lipinski definition) is 4. The molecule has 6 nitrogen and oxygen atoms in total. The lowest BCUT2D eigenvalue weighted by molar-refractivity contribution is -0.237. The average molecular weight is 460 g/mol. The van der Waals surface area contributed by atoms with Gasteiger partial charge in [0, 0.05) is 35.3 Å². The van der Waals surface area contributed by atoms with E-state index in [2.05, 4.69) is 26.1 Å². The van der Waals surface area contributed by atoms with Gasteiger partial charge in [0.05, 0.1) is 29.5 Å². The summed E-state index contributed by atoms with van der Waals surface area (Å²) in [6, 6.07) is 0.330. The molecule has 2 aliphatic heterocycles. The predicted octanol–water partition coefficient (Wildman–Crippen LogP) is 2.35. The van der Waals surface area contributed by atoms with Gasteiger partial charge in [-0.3, -0.25) is 4.79 Å². The molecule has 4 aliphatic carbocycles. The molecule has 4 N–H and O–H groups in total. The zero-order chi connectivity index (χ0) is 23.5. The summed E-state index contributed by atoms with van der Waals surface area (Å²) in [5.41, 5.74) is -0.449. The van der Waals surface area contributed by atoms with Crippen LogP contribution in [-0.4, -0.2) is 63.2 Å². The molecule has 5 fully saturated rings. The topological polar surface area (TPSA) is 99.0 Å². The van der Waals surface area contributed by atoms with Crippen molar-refractivity contribution in [3.63, 3.8) is 0 Å². The van der Waals surface area contributed by atoms with Crippen LogP contribution < -0.4 is 5.32 Å². The van der Waals surface area contributed by atoms with Crippen molar-refractivity contribution in [2.75, 3.05) is 6.54 Å². The number of nitrogens with one attached hydrogen (secondary N) is 1. The van der Waals surface area contributed by atoms with E-state index in [1.54, 1.807) is 0 Å². The Kier molecular flexibility index (Phi) is 4.90. The Morgan fingerprint density at radius 3 is 2.64 bits per heavy atom. The first-order chi connectivity index (χ1) is 15.5. The van der Waals surface area contributed by atoms with Crippen LogP contribution in [0.25, 0.3) is 0 Å². The Labute approximate surface area is 197 Å². The van der Waals surface area contributed by atoms with E-state index in [1.165, 1.54) is 0 Å². The van der Waals surface area contributed by atoms with Crippen LogP contribution in [0, 0.1) is 35.0 Å². The van der Waals surface area contributed by atoms with Crippen molar-refractivity contribution < 1.29 is 24.9 Å². The SMILES string of the molecule is CC1=C2C(=O)C3C(CCC4(O)CC(O)CC(O)C34C)C2CCC12OC1CC(C)CNC1C2C. The molecule has 0 amide bonds. The molecule has 0 radical (unpaired) electrons. The molecule has 2 saturated heterocycles. The lowest BCUT2D eigenvalue weighted by atomic mass is 9.48. The van der Waals surface area contributed by atoms with Gasteiger partial charge in [-0.1, -0.05) is 20.8 Å². The molecule has 33 heavy (non-hydrogen) atoms. The van der Waals surface area contributed by atoms with E-state index in [-0.39, 0.29) is 48.1 Å². The van der Waals surface area contributed by atoms with Crippen molar-refractivity contribution in [3.05, 3.63) is 11.1 Å². The number of hydrogen-bond acceptors (Lipinski definition) is 6. The van der Waals surface area contributed by atoms with Gasteiger partial charge in [-0.15, -0.1) is 0 Å². The van der Waals surface area contributed by atoms with Crippen LogP contribution >= 0.6 is 0 Å². The normalized spacial score (nSPS) is 58.2. The number of piperidine rings is 1. The number of aliphatic hydroxyl groups excluding tert-OH is 2. The van der Waals surface area contributed by atoms with E-state index in [0.717, 1.165) is 43.4 Å². The Bertz CT molecular complexity index is 903. The van der Waals surface area contributed by atoms with E-state index < -0.39 is 23.2 Å². The second kappa shape index (κ2) is 7.13. The molecule has 6 heteroatoms. The first-order valence-electron chi connectivity index (χ1n) is 13.3. The van der Waals surface area contributed by atoms with Gasteiger partial charge in [-0.25, -0.2) is 0 Å². The van der Waals surface area contributed by atoms with Crippen LogP contribution in [0.4, 0.5) is 0 Å². The van der Waals surface area contributed by atoms with Crippen molar-refractivity contribution in [1.29, 1.82) is 0 Å². The number of rotatable bonds is 0. The van der Waals surface area contributed by atoms with Crippen LogP contribution in [0.1, 0.15) is 72.6 Å². The molecule has 1 spiro atoms. The number of ether oxygens (including phenoxy) is 1. The molecule has 0 bridgehead atoms. The summed E-state index contributed by atoms with van der Waals surface area (Å²) in [7, 11) is 0. The molecular formula is C27H41NO5. The van der Waals surface area contributed by atoms with Crippen LogP contribution in [0.15, 0.2) is 11.1 Å². The highest BCUT2D eigenvalue weighted by atomic mass is 16.5.